The van der Waals surface area contributed by atoms with Crippen molar-refractivity contribution in [3.05, 3.63) is 12.7 Å². The second kappa shape index (κ2) is 8.04. The van der Waals surface area contributed by atoms with Gasteiger partial charge in [-0.25, -0.2) is 0 Å². The smallest absolute Gasteiger partial charge is 0.305 e. The molecule has 20 heavy (non-hydrogen) atoms. The molecule has 0 saturated carbocycles. The number of carbonyl (C=O) groups excluding carboxylic acids is 1. The van der Waals surface area contributed by atoms with Crippen molar-refractivity contribution in [2.45, 2.75) is 39.2 Å². The minimum atomic E-state index is -0.912. The van der Waals surface area contributed by atoms with Crippen LogP contribution in [0.25, 0.3) is 0 Å². The maximum atomic E-state index is 12.4. The fourth-order valence-corrected chi connectivity index (χ4v) is 2.60. The fraction of sp³-hybridized carbons (Fsp3) is 0.733. The number of carboxylic acids is 1. The minimum absolute atomic E-state index is 0.0386. The lowest BCUT2D eigenvalue weighted by Crippen LogP contribution is -2.58. The molecule has 0 aromatic rings. The van der Waals surface area contributed by atoms with Gasteiger partial charge in [0.15, 0.2) is 0 Å². The molecule has 1 amide bonds. The first kappa shape index (κ1) is 16.7. The van der Waals surface area contributed by atoms with Gasteiger partial charge in [0.1, 0.15) is 0 Å². The number of allylic oxidation sites excluding steroid dienone is 1. The first-order valence-corrected chi connectivity index (χ1v) is 7.31. The molecule has 1 aliphatic rings. The molecule has 5 heteroatoms. The van der Waals surface area contributed by atoms with Crippen molar-refractivity contribution in [1.82, 2.24) is 9.80 Å². The maximum Gasteiger partial charge on any atom is 0.305 e. The van der Waals surface area contributed by atoms with Gasteiger partial charge in [-0.15, -0.1) is 6.58 Å². The molecule has 0 aromatic carbocycles. The second-order valence-electron chi connectivity index (χ2n) is 5.76. The Bertz CT molecular complexity index is 355. The molecule has 1 fully saturated rings. The predicted molar refractivity (Wildman–Crippen MR) is 78.5 cm³/mol. The van der Waals surface area contributed by atoms with Crippen LogP contribution in [0.3, 0.4) is 0 Å². The molecule has 0 aliphatic carbocycles. The number of hydrogen-bond acceptors (Lipinski definition) is 3. The highest BCUT2D eigenvalue weighted by atomic mass is 16.4. The number of amides is 1. The molecular weight excluding hydrogens is 256 g/mol. The Balaban J connectivity index is 2.68. The van der Waals surface area contributed by atoms with E-state index in [1.54, 1.807) is 4.90 Å². The van der Waals surface area contributed by atoms with E-state index in [0.717, 1.165) is 25.9 Å². The van der Waals surface area contributed by atoms with Gasteiger partial charge in [0.05, 0.1) is 12.5 Å². The zero-order valence-electron chi connectivity index (χ0n) is 12.5. The molecule has 1 atom stereocenters. The molecule has 1 unspecified atom stereocenters. The number of aliphatic carboxylic acids is 1. The van der Waals surface area contributed by atoms with Gasteiger partial charge in [-0.3, -0.25) is 14.5 Å². The quantitative estimate of drug-likeness (QED) is 0.542. The maximum absolute atomic E-state index is 12.4. The van der Waals surface area contributed by atoms with E-state index in [-0.39, 0.29) is 12.3 Å². The van der Waals surface area contributed by atoms with Gasteiger partial charge < -0.3 is 10.0 Å². The van der Waals surface area contributed by atoms with Crippen LogP contribution in [-0.2, 0) is 9.59 Å². The number of carboxylic acid groups (broad SMARTS) is 1. The normalized spacial score (nSPS) is 20.4. The molecule has 0 aromatic heterocycles. The molecule has 1 saturated heterocycles. The van der Waals surface area contributed by atoms with Gasteiger partial charge in [-0.1, -0.05) is 19.9 Å². The Kier molecular flexibility index (Phi) is 6.71. The summed E-state index contributed by atoms with van der Waals surface area (Å²) < 4.78 is 0. The fourth-order valence-electron chi connectivity index (χ4n) is 2.60. The Morgan fingerprint density at radius 3 is 2.75 bits per heavy atom. The lowest BCUT2D eigenvalue weighted by molar-refractivity contribution is -0.149. The number of rotatable bonds is 8. The Morgan fingerprint density at radius 1 is 1.50 bits per heavy atom. The molecule has 1 rings (SSSR count). The number of piperazine rings is 1. The summed E-state index contributed by atoms with van der Waals surface area (Å²) in [6, 6.07) is -0.507. The largest absolute Gasteiger partial charge is 0.481 e. The Labute approximate surface area is 121 Å². The number of unbranched alkanes of at least 4 members (excludes halogenated alkanes) is 1. The van der Waals surface area contributed by atoms with Crippen LogP contribution in [-0.4, -0.2) is 59.0 Å². The molecular formula is C15H26N2O3. The van der Waals surface area contributed by atoms with Crippen molar-refractivity contribution < 1.29 is 14.7 Å². The lowest BCUT2D eigenvalue weighted by Gasteiger charge is -2.41. The van der Waals surface area contributed by atoms with Crippen LogP contribution in [0.15, 0.2) is 12.7 Å². The third kappa shape index (κ3) is 4.96. The van der Waals surface area contributed by atoms with Gasteiger partial charge in [-0.2, -0.15) is 0 Å². The number of carbonyl (C=O) groups is 2. The molecule has 0 radical (unpaired) electrons. The monoisotopic (exact) mass is 282 g/mol. The van der Waals surface area contributed by atoms with Crippen LogP contribution in [0.1, 0.15) is 33.1 Å². The van der Waals surface area contributed by atoms with E-state index in [0.29, 0.717) is 19.0 Å². The SMILES string of the molecule is C=CCCCN1CCN(CC(C)C)C(CC(=O)O)C1=O. The summed E-state index contributed by atoms with van der Waals surface area (Å²) in [5.41, 5.74) is 0. The zero-order chi connectivity index (χ0) is 15.1. The zero-order valence-corrected chi connectivity index (χ0v) is 12.5. The predicted octanol–water partition coefficient (Wildman–Crippen LogP) is 1.60. The van der Waals surface area contributed by atoms with E-state index < -0.39 is 12.0 Å². The van der Waals surface area contributed by atoms with Crippen molar-refractivity contribution in [3.8, 4) is 0 Å². The molecule has 1 N–H and O–H groups in total. The first-order chi connectivity index (χ1) is 9.45. The van der Waals surface area contributed by atoms with Gasteiger partial charge in [0.25, 0.3) is 0 Å². The highest BCUT2D eigenvalue weighted by molar-refractivity contribution is 5.86. The van der Waals surface area contributed by atoms with Crippen LogP contribution < -0.4 is 0 Å². The average Bonchev–Trinajstić information content (AvgIpc) is 2.36. The van der Waals surface area contributed by atoms with Gasteiger partial charge in [0, 0.05) is 26.2 Å². The summed E-state index contributed by atoms with van der Waals surface area (Å²) in [6.45, 7) is 10.7. The topological polar surface area (TPSA) is 60.9 Å². The molecule has 1 aliphatic heterocycles. The Morgan fingerprint density at radius 2 is 2.20 bits per heavy atom. The van der Waals surface area contributed by atoms with Crippen LogP contribution >= 0.6 is 0 Å². The lowest BCUT2D eigenvalue weighted by atomic mass is 10.0. The number of nitrogens with zero attached hydrogens (tertiary/aromatic N) is 2. The molecule has 0 spiro atoms. The van der Waals surface area contributed by atoms with Crippen LogP contribution in [0.2, 0.25) is 0 Å². The van der Waals surface area contributed by atoms with E-state index >= 15 is 0 Å². The summed E-state index contributed by atoms with van der Waals surface area (Å²) in [6.07, 6.45) is 3.50. The van der Waals surface area contributed by atoms with E-state index in [2.05, 4.69) is 20.4 Å². The summed E-state index contributed by atoms with van der Waals surface area (Å²) in [4.78, 5) is 27.3. The summed E-state index contributed by atoms with van der Waals surface area (Å²) in [7, 11) is 0. The van der Waals surface area contributed by atoms with Crippen LogP contribution in [0.5, 0.6) is 0 Å². The van der Waals surface area contributed by atoms with Gasteiger partial charge in [-0.05, 0) is 18.8 Å². The number of hydrogen-bond donors (Lipinski definition) is 1. The van der Waals surface area contributed by atoms with Gasteiger partial charge >= 0.3 is 5.97 Å². The van der Waals surface area contributed by atoms with Crippen molar-refractivity contribution in [1.29, 1.82) is 0 Å². The summed E-state index contributed by atoms with van der Waals surface area (Å²) in [5.74, 6) is -0.528. The van der Waals surface area contributed by atoms with Gasteiger partial charge in [0.2, 0.25) is 5.91 Å². The van der Waals surface area contributed by atoms with E-state index in [4.69, 9.17) is 5.11 Å². The summed E-state index contributed by atoms with van der Waals surface area (Å²) in [5, 5.41) is 9.03. The molecule has 5 nitrogen and oxygen atoms in total. The van der Waals surface area contributed by atoms with Crippen LogP contribution in [0.4, 0.5) is 0 Å². The van der Waals surface area contributed by atoms with E-state index in [1.165, 1.54) is 0 Å². The third-order valence-electron chi connectivity index (χ3n) is 3.50. The molecule has 0 bridgehead atoms. The molecule has 114 valence electrons. The summed E-state index contributed by atoms with van der Waals surface area (Å²) >= 11 is 0. The second-order valence-corrected chi connectivity index (χ2v) is 5.76. The van der Waals surface area contributed by atoms with E-state index in [9.17, 15) is 9.59 Å². The van der Waals surface area contributed by atoms with Crippen molar-refractivity contribution in [3.63, 3.8) is 0 Å². The minimum Gasteiger partial charge on any atom is -0.481 e. The first-order valence-electron chi connectivity index (χ1n) is 7.31. The van der Waals surface area contributed by atoms with E-state index in [1.807, 2.05) is 11.0 Å². The third-order valence-corrected chi connectivity index (χ3v) is 3.50. The Hall–Kier alpha value is -1.36. The highest BCUT2D eigenvalue weighted by Gasteiger charge is 2.35. The van der Waals surface area contributed by atoms with Crippen molar-refractivity contribution in [2.75, 3.05) is 26.2 Å². The average molecular weight is 282 g/mol. The molecule has 1 heterocycles. The standard InChI is InChI=1S/C15H26N2O3/c1-4-5-6-7-16-8-9-17(11-12(2)3)13(15(16)20)10-14(18)19/h4,12-13H,1,5-11H2,2-3H3,(H,18,19). The van der Waals surface area contributed by atoms with Crippen molar-refractivity contribution >= 4 is 11.9 Å². The highest BCUT2D eigenvalue weighted by Crippen LogP contribution is 2.17. The van der Waals surface area contributed by atoms with Crippen LogP contribution in [0, 0.1) is 5.92 Å². The van der Waals surface area contributed by atoms with Crippen molar-refractivity contribution in [2.24, 2.45) is 5.92 Å².